The summed E-state index contributed by atoms with van der Waals surface area (Å²) >= 11 is 5.60. The van der Waals surface area contributed by atoms with Crippen LogP contribution in [0.4, 0.5) is 0 Å². The third kappa shape index (κ3) is 1.45. The number of alkyl halides is 1. The van der Waals surface area contributed by atoms with Gasteiger partial charge in [-0.2, -0.15) is 0 Å². The first-order chi connectivity index (χ1) is 5.08. The van der Waals surface area contributed by atoms with Crippen LogP contribution in [0.5, 0.6) is 0 Å². The molecule has 0 aromatic heterocycles. The molecule has 0 saturated carbocycles. The minimum Gasteiger partial charge on any atom is -0.465 e. The highest BCUT2D eigenvalue weighted by atomic mass is 35.5. The predicted molar refractivity (Wildman–Crippen MR) is 35.9 cm³/mol. The maximum atomic E-state index is 10.9. The van der Waals surface area contributed by atoms with Crippen LogP contribution in [0.25, 0.3) is 0 Å². The van der Waals surface area contributed by atoms with Gasteiger partial charge in [0.05, 0.1) is 13.5 Å². The number of carbonyl (C=O) groups excluding carboxylic acids is 2. The Labute approximate surface area is 68.4 Å². The van der Waals surface area contributed by atoms with Crippen LogP contribution in [0, 0.1) is 0 Å². The fourth-order valence-electron chi connectivity index (χ4n) is 0.841. The van der Waals surface area contributed by atoms with Crippen LogP contribution >= 0.6 is 11.6 Å². The molecule has 1 atom stereocenters. The number of carbonyl (C=O) groups is 2. The lowest BCUT2D eigenvalue weighted by Gasteiger charge is -2.15. The van der Waals surface area contributed by atoms with Crippen LogP contribution in [-0.4, -0.2) is 24.1 Å². The lowest BCUT2D eigenvalue weighted by atomic mass is 10.2. The lowest BCUT2D eigenvalue weighted by molar-refractivity contribution is -0.163. The zero-order valence-corrected chi connectivity index (χ0v) is 6.68. The predicted octanol–water partition coefficient (Wildman–Crippen LogP) is 0.431. The number of hydrogen-bond donors (Lipinski definition) is 0. The van der Waals surface area contributed by atoms with E-state index in [1.807, 2.05) is 0 Å². The van der Waals surface area contributed by atoms with Crippen LogP contribution in [0.2, 0.25) is 0 Å². The zero-order chi connectivity index (χ0) is 8.48. The van der Waals surface area contributed by atoms with E-state index in [-0.39, 0.29) is 12.8 Å². The molecule has 0 amide bonds. The molecule has 0 radical (unpaired) electrons. The summed E-state index contributed by atoms with van der Waals surface area (Å²) in [5, 5.41) is -1.56. The van der Waals surface area contributed by atoms with Crippen molar-refractivity contribution in [3.05, 3.63) is 0 Å². The summed E-state index contributed by atoms with van der Waals surface area (Å²) < 4.78 is 8.89. The van der Waals surface area contributed by atoms with Crippen LogP contribution in [0.1, 0.15) is 12.8 Å². The molecule has 62 valence electrons. The molecule has 0 bridgehead atoms. The van der Waals surface area contributed by atoms with Crippen LogP contribution < -0.4 is 0 Å². The molecule has 4 nitrogen and oxygen atoms in total. The van der Waals surface area contributed by atoms with Crippen molar-refractivity contribution in [2.24, 2.45) is 0 Å². The van der Waals surface area contributed by atoms with Gasteiger partial charge >= 0.3 is 11.9 Å². The summed E-state index contributed by atoms with van der Waals surface area (Å²) in [4.78, 5) is 21.4. The first-order valence-electron chi connectivity index (χ1n) is 3.07. The van der Waals surface area contributed by atoms with E-state index in [1.54, 1.807) is 0 Å². The summed E-state index contributed by atoms with van der Waals surface area (Å²) in [5.74, 6) is -1.18. The van der Waals surface area contributed by atoms with E-state index in [2.05, 4.69) is 9.47 Å². The number of hydrogen-bond acceptors (Lipinski definition) is 4. The molecule has 1 aliphatic rings. The average molecular weight is 179 g/mol. The van der Waals surface area contributed by atoms with Crippen LogP contribution in [0.3, 0.4) is 0 Å². The Morgan fingerprint density at radius 1 is 1.82 bits per heavy atom. The average Bonchev–Trinajstić information content (AvgIpc) is 2.31. The molecule has 0 aromatic rings. The van der Waals surface area contributed by atoms with Crippen molar-refractivity contribution in [1.29, 1.82) is 0 Å². The van der Waals surface area contributed by atoms with Crippen molar-refractivity contribution in [3.8, 4) is 0 Å². The Kier molecular flexibility index (Phi) is 2.04. The largest absolute Gasteiger partial charge is 0.465 e. The van der Waals surface area contributed by atoms with Crippen molar-refractivity contribution in [3.63, 3.8) is 0 Å². The van der Waals surface area contributed by atoms with Gasteiger partial charge in [0.2, 0.25) is 0 Å². The van der Waals surface area contributed by atoms with E-state index in [1.165, 1.54) is 7.11 Å². The number of methoxy groups -OCH3 is 1. The molecule has 0 N–H and O–H groups in total. The van der Waals surface area contributed by atoms with Crippen molar-refractivity contribution in [1.82, 2.24) is 0 Å². The number of rotatable bonds is 1. The maximum absolute atomic E-state index is 10.9. The molecule has 0 spiro atoms. The number of halogens is 1. The quantitative estimate of drug-likeness (QED) is 0.432. The summed E-state index contributed by atoms with van der Waals surface area (Å²) in [7, 11) is 1.19. The second-order valence-corrected chi connectivity index (χ2v) is 2.80. The summed E-state index contributed by atoms with van der Waals surface area (Å²) in [6.45, 7) is 0. The third-order valence-corrected chi connectivity index (χ3v) is 1.84. The van der Waals surface area contributed by atoms with Crippen molar-refractivity contribution >= 4 is 23.5 Å². The topological polar surface area (TPSA) is 52.6 Å². The standard InChI is InChI=1S/C6H7ClO4/c1-10-5(9)6(7)3-2-4(8)11-6/h2-3H2,1H3. The minimum absolute atomic E-state index is 0.165. The molecule has 11 heavy (non-hydrogen) atoms. The van der Waals surface area contributed by atoms with Crippen molar-refractivity contribution < 1.29 is 19.1 Å². The third-order valence-electron chi connectivity index (χ3n) is 1.42. The Balaban J connectivity index is 2.69. The van der Waals surface area contributed by atoms with Gasteiger partial charge in [-0.05, 0) is 0 Å². The SMILES string of the molecule is COC(=O)C1(Cl)CCC(=O)O1. The summed E-state index contributed by atoms with van der Waals surface area (Å²) in [6, 6.07) is 0. The van der Waals surface area contributed by atoms with Crippen LogP contribution in [0.15, 0.2) is 0 Å². The fraction of sp³-hybridized carbons (Fsp3) is 0.667. The van der Waals surface area contributed by atoms with Crippen LogP contribution in [-0.2, 0) is 19.1 Å². The molecule has 1 rings (SSSR count). The molecule has 5 heteroatoms. The highest BCUT2D eigenvalue weighted by Crippen LogP contribution is 2.31. The minimum atomic E-state index is -1.56. The monoisotopic (exact) mass is 178 g/mol. The number of ether oxygens (including phenoxy) is 2. The molecule has 0 aliphatic carbocycles. The second kappa shape index (κ2) is 2.70. The van der Waals surface area contributed by atoms with E-state index in [4.69, 9.17) is 11.6 Å². The molecule has 1 saturated heterocycles. The Bertz CT molecular complexity index is 203. The van der Waals surface area contributed by atoms with E-state index in [9.17, 15) is 9.59 Å². The smallest absolute Gasteiger partial charge is 0.366 e. The van der Waals surface area contributed by atoms with Gasteiger partial charge in [-0.25, -0.2) is 4.79 Å². The zero-order valence-electron chi connectivity index (χ0n) is 5.93. The highest BCUT2D eigenvalue weighted by molar-refractivity contribution is 6.34. The van der Waals surface area contributed by atoms with E-state index in [0.717, 1.165) is 0 Å². The molecular formula is C6H7ClO4. The molecule has 1 aliphatic heterocycles. The van der Waals surface area contributed by atoms with E-state index in [0.29, 0.717) is 0 Å². The first-order valence-corrected chi connectivity index (χ1v) is 3.45. The van der Waals surface area contributed by atoms with Gasteiger partial charge < -0.3 is 9.47 Å². The molecular weight excluding hydrogens is 172 g/mol. The maximum Gasteiger partial charge on any atom is 0.366 e. The highest BCUT2D eigenvalue weighted by Gasteiger charge is 2.46. The Hall–Kier alpha value is -0.770. The fourth-order valence-corrected chi connectivity index (χ4v) is 1.10. The number of cyclic esters (lactones) is 1. The summed E-state index contributed by atoms with van der Waals surface area (Å²) in [6.07, 6.45) is 0.346. The Morgan fingerprint density at radius 3 is 2.82 bits per heavy atom. The molecule has 1 heterocycles. The van der Waals surface area contributed by atoms with E-state index < -0.39 is 17.0 Å². The molecule has 1 fully saturated rings. The van der Waals surface area contributed by atoms with Crippen molar-refractivity contribution in [2.75, 3.05) is 7.11 Å². The summed E-state index contributed by atoms with van der Waals surface area (Å²) in [5.41, 5.74) is 0. The van der Waals surface area contributed by atoms with Gasteiger partial charge in [0, 0.05) is 6.42 Å². The molecule has 1 unspecified atom stereocenters. The number of esters is 2. The van der Waals surface area contributed by atoms with Gasteiger partial charge in [0.25, 0.3) is 5.06 Å². The van der Waals surface area contributed by atoms with E-state index >= 15 is 0 Å². The van der Waals surface area contributed by atoms with Gasteiger partial charge in [-0.15, -0.1) is 0 Å². The molecule has 0 aromatic carbocycles. The second-order valence-electron chi connectivity index (χ2n) is 2.19. The van der Waals surface area contributed by atoms with Gasteiger partial charge in [-0.1, -0.05) is 11.6 Å². The first kappa shape index (κ1) is 8.33. The van der Waals surface area contributed by atoms with Gasteiger partial charge in [-0.3, -0.25) is 4.79 Å². The Morgan fingerprint density at radius 2 is 2.45 bits per heavy atom. The van der Waals surface area contributed by atoms with Crippen molar-refractivity contribution in [2.45, 2.75) is 17.9 Å². The van der Waals surface area contributed by atoms with Gasteiger partial charge in [0.15, 0.2) is 0 Å². The normalized spacial score (nSPS) is 29.8. The van der Waals surface area contributed by atoms with Gasteiger partial charge in [0.1, 0.15) is 0 Å². The lowest BCUT2D eigenvalue weighted by Crippen LogP contribution is -2.33.